The summed E-state index contributed by atoms with van der Waals surface area (Å²) in [5, 5.41) is 19.4. The summed E-state index contributed by atoms with van der Waals surface area (Å²) in [4.78, 5) is 13.6. The van der Waals surface area contributed by atoms with Gasteiger partial charge in [0.2, 0.25) is 5.82 Å². The van der Waals surface area contributed by atoms with E-state index in [1.165, 1.54) is 10.5 Å². The van der Waals surface area contributed by atoms with Crippen molar-refractivity contribution in [2.24, 2.45) is 0 Å². The van der Waals surface area contributed by atoms with Crippen LogP contribution in [0.1, 0.15) is 18.3 Å². The first-order chi connectivity index (χ1) is 13.6. The van der Waals surface area contributed by atoms with Crippen LogP contribution in [0.3, 0.4) is 0 Å². The molecule has 0 unspecified atom stereocenters. The van der Waals surface area contributed by atoms with Crippen LogP contribution in [0.4, 0.5) is 10.5 Å². The van der Waals surface area contributed by atoms with Crippen LogP contribution in [0.25, 0.3) is 11.4 Å². The van der Waals surface area contributed by atoms with E-state index >= 15 is 0 Å². The van der Waals surface area contributed by atoms with Crippen molar-refractivity contribution < 1.29 is 9.53 Å². The number of benzene rings is 2. The zero-order valence-corrected chi connectivity index (χ0v) is 16.1. The first-order valence-corrected chi connectivity index (χ1v) is 8.95. The lowest BCUT2D eigenvalue weighted by molar-refractivity contribution is 0.159. The highest BCUT2D eigenvalue weighted by molar-refractivity contribution is 5.70. The quantitative estimate of drug-likeness (QED) is 0.704. The Bertz CT molecular complexity index is 911. The van der Waals surface area contributed by atoms with Crippen molar-refractivity contribution in [3.8, 4) is 17.1 Å². The van der Waals surface area contributed by atoms with E-state index in [-0.39, 0.29) is 6.54 Å². The molecule has 0 aliphatic carbocycles. The van der Waals surface area contributed by atoms with Crippen molar-refractivity contribution in [1.29, 1.82) is 0 Å². The number of carbonyl (C=O) groups excluding carboxylic acids is 1. The van der Waals surface area contributed by atoms with Crippen LogP contribution in [0.5, 0.6) is 5.75 Å². The first kappa shape index (κ1) is 19.2. The zero-order valence-electron chi connectivity index (χ0n) is 16.1. The van der Waals surface area contributed by atoms with Crippen molar-refractivity contribution in [3.63, 3.8) is 0 Å². The Labute approximate surface area is 163 Å². The lowest BCUT2D eigenvalue weighted by Gasteiger charge is -2.15. The van der Waals surface area contributed by atoms with Crippen LogP contribution in [-0.4, -0.2) is 45.5 Å². The van der Waals surface area contributed by atoms with Crippen molar-refractivity contribution in [1.82, 2.24) is 25.3 Å². The Hall–Kier alpha value is -3.55. The summed E-state index contributed by atoms with van der Waals surface area (Å²) in [6.45, 7) is 2.24. The van der Waals surface area contributed by atoms with E-state index in [9.17, 15) is 4.79 Å². The van der Waals surface area contributed by atoms with Crippen molar-refractivity contribution in [3.05, 3.63) is 59.9 Å². The number of amides is 1. The fourth-order valence-corrected chi connectivity index (χ4v) is 2.46. The number of aromatic nitrogens is 4. The third-order valence-corrected chi connectivity index (χ3v) is 4.18. The van der Waals surface area contributed by atoms with E-state index in [2.05, 4.69) is 32.6 Å². The largest absolute Gasteiger partial charge is 0.415 e. The minimum Gasteiger partial charge on any atom is -0.410 e. The topological polar surface area (TPSA) is 93.1 Å². The number of aryl methyl sites for hydroxylation is 1. The van der Waals surface area contributed by atoms with Gasteiger partial charge in [0.15, 0.2) is 5.82 Å². The zero-order chi connectivity index (χ0) is 19.9. The fourth-order valence-electron chi connectivity index (χ4n) is 2.46. The summed E-state index contributed by atoms with van der Waals surface area (Å²) >= 11 is 0. The van der Waals surface area contributed by atoms with Crippen molar-refractivity contribution >= 4 is 11.8 Å². The van der Waals surface area contributed by atoms with Crippen LogP contribution in [0, 0.1) is 0 Å². The molecular formula is C20H22N6O2. The van der Waals surface area contributed by atoms with Gasteiger partial charge in [0.05, 0.1) is 6.54 Å². The van der Waals surface area contributed by atoms with Gasteiger partial charge in [-0.2, -0.15) is 0 Å². The van der Waals surface area contributed by atoms with Gasteiger partial charge < -0.3 is 15.0 Å². The number of nitrogens with one attached hydrogen (secondary N) is 1. The summed E-state index contributed by atoms with van der Waals surface area (Å²) < 4.78 is 5.33. The van der Waals surface area contributed by atoms with E-state index < -0.39 is 6.09 Å². The highest BCUT2D eigenvalue weighted by Crippen LogP contribution is 2.17. The van der Waals surface area contributed by atoms with E-state index in [1.54, 1.807) is 19.2 Å². The monoisotopic (exact) mass is 378 g/mol. The SMILES string of the molecule is CCc1ccc(-c2nnc(CN(C)C(=O)Oc3ccc(NC)cc3)nn2)cc1. The van der Waals surface area contributed by atoms with Gasteiger partial charge in [-0.15, -0.1) is 20.4 Å². The van der Waals surface area contributed by atoms with Gasteiger partial charge in [0, 0.05) is 25.3 Å². The minimum absolute atomic E-state index is 0.141. The summed E-state index contributed by atoms with van der Waals surface area (Å²) in [7, 11) is 3.42. The predicted octanol–water partition coefficient (Wildman–Crippen LogP) is 3.17. The molecule has 0 fully saturated rings. The van der Waals surface area contributed by atoms with E-state index in [0.29, 0.717) is 17.4 Å². The molecule has 28 heavy (non-hydrogen) atoms. The van der Waals surface area contributed by atoms with Crippen LogP contribution in [0.2, 0.25) is 0 Å². The molecular weight excluding hydrogens is 356 g/mol. The Balaban J connectivity index is 1.59. The number of anilines is 1. The lowest BCUT2D eigenvalue weighted by Crippen LogP contribution is -2.30. The molecule has 8 heteroatoms. The predicted molar refractivity (Wildman–Crippen MR) is 106 cm³/mol. The summed E-state index contributed by atoms with van der Waals surface area (Å²) in [5.74, 6) is 1.24. The molecule has 0 spiro atoms. The van der Waals surface area contributed by atoms with Crippen LogP contribution in [0.15, 0.2) is 48.5 Å². The molecule has 1 amide bonds. The fraction of sp³-hybridized carbons (Fsp3) is 0.250. The van der Waals surface area contributed by atoms with E-state index in [1.807, 2.05) is 43.4 Å². The van der Waals surface area contributed by atoms with Crippen LogP contribution in [-0.2, 0) is 13.0 Å². The first-order valence-electron chi connectivity index (χ1n) is 8.95. The number of hydrogen-bond donors (Lipinski definition) is 1. The summed E-state index contributed by atoms with van der Waals surface area (Å²) in [6, 6.07) is 15.0. The average molecular weight is 378 g/mol. The maximum Gasteiger partial charge on any atom is 0.415 e. The molecule has 144 valence electrons. The van der Waals surface area contributed by atoms with Gasteiger partial charge in [-0.1, -0.05) is 31.2 Å². The summed E-state index contributed by atoms with van der Waals surface area (Å²) in [6.07, 6.45) is 0.457. The van der Waals surface area contributed by atoms with Crippen LogP contribution < -0.4 is 10.1 Å². The third kappa shape index (κ3) is 4.79. The average Bonchev–Trinajstić information content (AvgIpc) is 2.75. The van der Waals surface area contributed by atoms with Gasteiger partial charge in [-0.05, 0) is 36.2 Å². The normalized spacial score (nSPS) is 10.4. The number of hydrogen-bond acceptors (Lipinski definition) is 7. The number of ether oxygens (including phenoxy) is 1. The molecule has 0 atom stereocenters. The summed E-state index contributed by atoms with van der Waals surface area (Å²) in [5.41, 5.74) is 3.02. The lowest BCUT2D eigenvalue weighted by atomic mass is 10.1. The molecule has 1 aromatic heterocycles. The van der Waals surface area contributed by atoms with Gasteiger partial charge in [0.1, 0.15) is 5.75 Å². The molecule has 8 nitrogen and oxygen atoms in total. The Morgan fingerprint density at radius 1 is 1.00 bits per heavy atom. The van der Waals surface area contributed by atoms with Gasteiger partial charge >= 0.3 is 6.09 Å². The molecule has 0 aliphatic heterocycles. The van der Waals surface area contributed by atoms with Crippen molar-refractivity contribution in [2.75, 3.05) is 19.4 Å². The standard InChI is InChI=1S/C20H22N6O2/c1-4-14-5-7-15(8-6-14)19-24-22-18(23-25-19)13-26(3)20(27)28-17-11-9-16(21-2)10-12-17/h5-12,21H,4,13H2,1-3H3. The molecule has 1 N–H and O–H groups in total. The number of carbonyl (C=O) groups is 1. The number of rotatable bonds is 6. The second-order valence-electron chi connectivity index (χ2n) is 6.19. The maximum atomic E-state index is 12.2. The van der Waals surface area contributed by atoms with E-state index in [4.69, 9.17) is 4.74 Å². The minimum atomic E-state index is -0.514. The molecule has 0 bridgehead atoms. The molecule has 0 radical (unpaired) electrons. The van der Waals surface area contributed by atoms with E-state index in [0.717, 1.165) is 17.7 Å². The Morgan fingerprint density at radius 2 is 1.64 bits per heavy atom. The number of nitrogens with zero attached hydrogens (tertiary/aromatic N) is 5. The molecule has 3 aromatic rings. The van der Waals surface area contributed by atoms with Gasteiger partial charge in [-0.25, -0.2) is 4.79 Å². The second-order valence-corrected chi connectivity index (χ2v) is 6.19. The molecule has 3 rings (SSSR count). The second kappa shape index (κ2) is 8.90. The maximum absolute atomic E-state index is 12.2. The smallest absolute Gasteiger partial charge is 0.410 e. The van der Waals surface area contributed by atoms with Gasteiger partial charge in [0.25, 0.3) is 0 Å². The molecule has 0 saturated carbocycles. The highest BCUT2D eigenvalue weighted by Gasteiger charge is 2.14. The van der Waals surface area contributed by atoms with Crippen LogP contribution >= 0.6 is 0 Å². The molecule has 0 saturated heterocycles. The van der Waals surface area contributed by atoms with Crippen molar-refractivity contribution in [2.45, 2.75) is 19.9 Å². The molecule has 0 aliphatic rings. The highest BCUT2D eigenvalue weighted by atomic mass is 16.6. The Morgan fingerprint density at radius 3 is 2.21 bits per heavy atom. The Kier molecular flexibility index (Phi) is 6.11. The molecule has 1 heterocycles. The molecule has 2 aromatic carbocycles. The third-order valence-electron chi connectivity index (χ3n) is 4.18. The van der Waals surface area contributed by atoms with Gasteiger partial charge in [-0.3, -0.25) is 0 Å².